The van der Waals surface area contributed by atoms with Crippen LogP contribution in [0, 0.1) is 0 Å². The number of amidine groups is 1. The molecule has 0 fully saturated rings. The highest BCUT2D eigenvalue weighted by atomic mass is 79.9. The van der Waals surface area contributed by atoms with Gasteiger partial charge in [-0.15, -0.1) is 22.1 Å². The molecule has 0 aromatic heterocycles. The summed E-state index contributed by atoms with van der Waals surface area (Å²) < 4.78 is 0. The molecular formula is C23H19BrN4. The molecule has 5 heteroatoms. The van der Waals surface area contributed by atoms with Gasteiger partial charge < -0.3 is 0 Å². The van der Waals surface area contributed by atoms with Gasteiger partial charge in [0.25, 0.3) is 0 Å². The molecule has 0 aliphatic carbocycles. The molecule has 0 bridgehead atoms. The molecule has 0 saturated carbocycles. The largest absolute Gasteiger partial charge is 0.259 e. The summed E-state index contributed by atoms with van der Waals surface area (Å²) in [4.78, 5) is 0. The maximum Gasteiger partial charge on any atom is 0.176 e. The van der Waals surface area contributed by atoms with Crippen LogP contribution in [0.3, 0.4) is 0 Å². The van der Waals surface area contributed by atoms with Crippen molar-refractivity contribution in [3.63, 3.8) is 0 Å². The van der Waals surface area contributed by atoms with E-state index in [9.17, 15) is 0 Å². The summed E-state index contributed by atoms with van der Waals surface area (Å²) >= 11 is 0. The molecule has 1 aliphatic rings. The van der Waals surface area contributed by atoms with E-state index >= 15 is 0 Å². The number of halogens is 1. The second-order valence-electron chi connectivity index (χ2n) is 6.36. The highest BCUT2D eigenvalue weighted by Crippen LogP contribution is 2.27. The van der Waals surface area contributed by atoms with Crippen molar-refractivity contribution in [1.82, 2.24) is 5.43 Å². The Balaban J connectivity index is 0.00000192. The van der Waals surface area contributed by atoms with Crippen LogP contribution in [-0.4, -0.2) is 5.84 Å². The minimum absolute atomic E-state index is 0. The van der Waals surface area contributed by atoms with E-state index in [2.05, 4.69) is 60.0 Å². The number of rotatable bonds is 3. The molecule has 28 heavy (non-hydrogen) atoms. The van der Waals surface area contributed by atoms with Gasteiger partial charge >= 0.3 is 0 Å². The molecule has 0 atom stereocenters. The third-order valence-corrected chi connectivity index (χ3v) is 4.63. The molecule has 0 saturated heterocycles. The summed E-state index contributed by atoms with van der Waals surface area (Å²) in [6.45, 7) is 0. The van der Waals surface area contributed by atoms with E-state index in [0.29, 0.717) is 0 Å². The zero-order chi connectivity index (χ0) is 18.1. The number of anilines is 2. The Kier molecular flexibility index (Phi) is 5.00. The van der Waals surface area contributed by atoms with Crippen LogP contribution in [0.15, 0.2) is 108 Å². The Morgan fingerprint density at radius 2 is 1.21 bits per heavy atom. The van der Waals surface area contributed by atoms with Crippen LogP contribution in [0.2, 0.25) is 0 Å². The van der Waals surface area contributed by atoms with Crippen molar-refractivity contribution in [3.8, 4) is 0 Å². The number of para-hydroxylation sites is 2. The van der Waals surface area contributed by atoms with Gasteiger partial charge in [-0.25, -0.2) is 0 Å². The first kappa shape index (κ1) is 18.1. The zero-order valence-corrected chi connectivity index (χ0v) is 16.8. The Morgan fingerprint density at radius 3 is 1.96 bits per heavy atom. The van der Waals surface area contributed by atoms with Crippen molar-refractivity contribution >= 4 is 45.0 Å². The Labute approximate surface area is 174 Å². The van der Waals surface area contributed by atoms with Crippen molar-refractivity contribution in [2.75, 3.05) is 10.2 Å². The van der Waals surface area contributed by atoms with E-state index in [-0.39, 0.29) is 17.0 Å². The number of benzene rings is 4. The fraction of sp³-hybridized carbons (Fsp3) is 0. The highest BCUT2D eigenvalue weighted by molar-refractivity contribution is 8.93. The van der Waals surface area contributed by atoms with E-state index in [1.54, 1.807) is 0 Å². The van der Waals surface area contributed by atoms with Crippen LogP contribution in [0.5, 0.6) is 0 Å². The maximum absolute atomic E-state index is 4.90. The number of fused-ring (bicyclic) bond motifs is 1. The maximum atomic E-state index is 4.90. The lowest BCUT2D eigenvalue weighted by atomic mass is 10.0. The lowest BCUT2D eigenvalue weighted by Crippen LogP contribution is -2.44. The molecule has 138 valence electrons. The van der Waals surface area contributed by atoms with Crippen molar-refractivity contribution in [2.45, 2.75) is 0 Å². The quantitative estimate of drug-likeness (QED) is 0.463. The van der Waals surface area contributed by atoms with Gasteiger partial charge in [-0.3, -0.25) is 5.43 Å². The smallest absolute Gasteiger partial charge is 0.176 e. The van der Waals surface area contributed by atoms with Crippen LogP contribution in [0.25, 0.3) is 10.8 Å². The van der Waals surface area contributed by atoms with Gasteiger partial charge in [-0.05, 0) is 35.0 Å². The normalized spacial score (nSPS) is 13.1. The van der Waals surface area contributed by atoms with Gasteiger partial charge in [0.15, 0.2) is 5.84 Å². The van der Waals surface area contributed by atoms with Gasteiger partial charge in [-0.2, -0.15) is 10.2 Å². The SMILES string of the molecule is Br.c1ccc(N2N=C(c3cccc4ccccc34)NN2c2ccccc2)cc1. The van der Waals surface area contributed by atoms with Crippen LogP contribution in [0.4, 0.5) is 11.4 Å². The summed E-state index contributed by atoms with van der Waals surface area (Å²) in [5, 5.41) is 11.1. The number of nitrogens with zero attached hydrogens (tertiary/aromatic N) is 3. The van der Waals surface area contributed by atoms with Crippen molar-refractivity contribution in [2.24, 2.45) is 5.10 Å². The molecule has 4 aromatic rings. The average molecular weight is 431 g/mol. The summed E-state index contributed by atoms with van der Waals surface area (Å²) in [6, 6.07) is 35.0. The number of hydrazone groups is 1. The van der Waals surface area contributed by atoms with Gasteiger partial charge in [0, 0.05) is 5.56 Å². The molecule has 0 unspecified atom stereocenters. The van der Waals surface area contributed by atoms with Gasteiger partial charge in [0.2, 0.25) is 0 Å². The first-order valence-corrected chi connectivity index (χ1v) is 8.94. The number of hydrogen-bond acceptors (Lipinski definition) is 4. The molecule has 1 N–H and O–H groups in total. The fourth-order valence-corrected chi connectivity index (χ4v) is 3.33. The molecule has 5 rings (SSSR count). The van der Waals surface area contributed by atoms with Gasteiger partial charge in [0.1, 0.15) is 0 Å². The molecule has 1 aliphatic heterocycles. The monoisotopic (exact) mass is 430 g/mol. The standard InChI is InChI=1S/C23H18N4.BrH/c1-3-12-19(13-4-1)26-24-23(25-27(26)20-14-5-2-6-15-20)22-17-9-11-18-10-7-8-16-21(18)22;/h1-17H,(H,24,25);1H. The number of hydrazine groups is 2. The van der Waals surface area contributed by atoms with E-state index in [1.807, 2.05) is 58.8 Å². The summed E-state index contributed by atoms with van der Waals surface area (Å²) in [7, 11) is 0. The summed E-state index contributed by atoms with van der Waals surface area (Å²) in [6.07, 6.45) is 0. The predicted octanol–water partition coefficient (Wildman–Crippen LogP) is 5.53. The molecule has 4 aromatic carbocycles. The van der Waals surface area contributed by atoms with E-state index in [0.717, 1.165) is 22.8 Å². The second kappa shape index (κ2) is 7.74. The zero-order valence-electron chi connectivity index (χ0n) is 15.1. The van der Waals surface area contributed by atoms with Crippen LogP contribution >= 0.6 is 17.0 Å². The van der Waals surface area contributed by atoms with Crippen molar-refractivity contribution in [3.05, 3.63) is 109 Å². The Morgan fingerprint density at radius 1 is 0.607 bits per heavy atom. The van der Waals surface area contributed by atoms with Crippen molar-refractivity contribution in [1.29, 1.82) is 0 Å². The minimum Gasteiger partial charge on any atom is -0.259 e. The average Bonchev–Trinajstić information content (AvgIpc) is 3.20. The van der Waals surface area contributed by atoms with Gasteiger partial charge in [0.05, 0.1) is 11.4 Å². The van der Waals surface area contributed by atoms with E-state index in [4.69, 9.17) is 5.10 Å². The molecule has 0 radical (unpaired) electrons. The molecule has 1 heterocycles. The highest BCUT2D eigenvalue weighted by Gasteiger charge is 2.26. The Hall–Kier alpha value is -3.31. The molecule has 0 amide bonds. The van der Waals surface area contributed by atoms with Crippen molar-refractivity contribution < 1.29 is 0 Å². The molecule has 0 spiro atoms. The lowest BCUT2D eigenvalue weighted by molar-refractivity contribution is 0.771. The lowest BCUT2D eigenvalue weighted by Gasteiger charge is -2.27. The number of hydrogen-bond donors (Lipinski definition) is 1. The summed E-state index contributed by atoms with van der Waals surface area (Å²) in [5.41, 5.74) is 6.55. The number of nitrogens with one attached hydrogen (secondary N) is 1. The third-order valence-electron chi connectivity index (χ3n) is 4.63. The molecule has 4 nitrogen and oxygen atoms in total. The Bertz CT molecular complexity index is 1110. The third kappa shape index (κ3) is 3.21. The van der Waals surface area contributed by atoms with Crippen LogP contribution in [0.1, 0.15) is 5.56 Å². The topological polar surface area (TPSA) is 30.9 Å². The van der Waals surface area contributed by atoms with Gasteiger partial charge in [-0.1, -0.05) is 78.9 Å². The van der Waals surface area contributed by atoms with Crippen LogP contribution in [-0.2, 0) is 0 Å². The first-order chi connectivity index (χ1) is 13.4. The van der Waals surface area contributed by atoms with E-state index < -0.39 is 0 Å². The second-order valence-corrected chi connectivity index (χ2v) is 6.36. The summed E-state index contributed by atoms with van der Waals surface area (Å²) in [5.74, 6) is 0.819. The van der Waals surface area contributed by atoms with Crippen LogP contribution < -0.4 is 15.7 Å². The predicted molar refractivity (Wildman–Crippen MR) is 122 cm³/mol. The fourth-order valence-electron chi connectivity index (χ4n) is 3.33. The minimum atomic E-state index is 0. The molecular weight excluding hydrogens is 412 g/mol. The van der Waals surface area contributed by atoms with E-state index in [1.165, 1.54) is 10.8 Å². The first-order valence-electron chi connectivity index (χ1n) is 8.94.